The van der Waals surface area contributed by atoms with Gasteiger partial charge in [-0.15, -0.1) is 0 Å². The summed E-state index contributed by atoms with van der Waals surface area (Å²) in [6.07, 6.45) is 3.01. The molecule has 0 aliphatic carbocycles. The number of hydrogen-bond acceptors (Lipinski definition) is 6. The Hall–Kier alpha value is -3.68. The molecule has 2 amide bonds. The first-order valence-corrected chi connectivity index (χ1v) is 11.5. The maximum atomic E-state index is 12.6. The van der Waals surface area contributed by atoms with Gasteiger partial charge in [0.05, 0.1) is 13.0 Å². The molecule has 0 aromatic heterocycles. The van der Waals surface area contributed by atoms with Gasteiger partial charge in [-0.25, -0.2) is 0 Å². The van der Waals surface area contributed by atoms with Gasteiger partial charge in [-0.1, -0.05) is 38.0 Å². The van der Waals surface area contributed by atoms with Gasteiger partial charge in [0.1, 0.15) is 5.75 Å². The second-order valence-corrected chi connectivity index (χ2v) is 7.76. The predicted molar refractivity (Wildman–Crippen MR) is 129 cm³/mol. The van der Waals surface area contributed by atoms with Gasteiger partial charge in [-0.3, -0.25) is 19.2 Å². The van der Waals surface area contributed by atoms with Crippen molar-refractivity contribution in [2.24, 2.45) is 5.73 Å². The fourth-order valence-electron chi connectivity index (χ4n) is 3.16. The van der Waals surface area contributed by atoms with Crippen LogP contribution in [0.4, 0.5) is 5.69 Å². The Kier molecular flexibility index (Phi) is 11.3. The smallest absolute Gasteiger partial charge is 0.306 e. The minimum Gasteiger partial charge on any atom is -0.494 e. The normalized spacial score (nSPS) is 10.4. The van der Waals surface area contributed by atoms with Crippen molar-refractivity contribution in [2.45, 2.75) is 45.4 Å². The van der Waals surface area contributed by atoms with Crippen molar-refractivity contribution in [3.8, 4) is 5.75 Å². The molecule has 0 bridgehead atoms. The maximum Gasteiger partial charge on any atom is 0.306 e. The molecular formula is C26H32N2O6. The number of para-hydroxylation sites is 1. The largest absolute Gasteiger partial charge is 0.494 e. The Bertz CT molecular complexity index is 944. The van der Waals surface area contributed by atoms with Crippen LogP contribution in [-0.2, 0) is 19.1 Å². The summed E-state index contributed by atoms with van der Waals surface area (Å²) >= 11 is 0. The van der Waals surface area contributed by atoms with Crippen LogP contribution in [0.2, 0.25) is 0 Å². The van der Waals surface area contributed by atoms with E-state index in [4.69, 9.17) is 15.2 Å². The van der Waals surface area contributed by atoms with Crippen molar-refractivity contribution >= 4 is 29.3 Å². The molecule has 8 nitrogen and oxygen atoms in total. The maximum absolute atomic E-state index is 12.6. The Morgan fingerprint density at radius 2 is 1.59 bits per heavy atom. The van der Waals surface area contributed by atoms with Crippen LogP contribution in [0.15, 0.2) is 54.6 Å². The topological polar surface area (TPSA) is 116 Å². The van der Waals surface area contributed by atoms with E-state index in [1.807, 2.05) is 0 Å². The van der Waals surface area contributed by atoms with Crippen LogP contribution in [0, 0.1) is 0 Å². The molecule has 0 heterocycles. The SMILES string of the molecule is CCCCCOc1ccc(C(=O)CCC(=O)OCC(=O)N(CCC(N)=O)c2ccccc2)cc1. The molecular weight excluding hydrogens is 436 g/mol. The van der Waals surface area contributed by atoms with Gasteiger partial charge in [-0.2, -0.15) is 0 Å². The van der Waals surface area contributed by atoms with Crippen molar-refractivity contribution in [2.75, 3.05) is 24.7 Å². The van der Waals surface area contributed by atoms with Crippen molar-refractivity contribution in [1.29, 1.82) is 0 Å². The predicted octanol–water partition coefficient (Wildman–Crippen LogP) is 3.67. The Morgan fingerprint density at radius 3 is 2.24 bits per heavy atom. The van der Waals surface area contributed by atoms with Crippen molar-refractivity contribution in [3.63, 3.8) is 0 Å². The number of ether oxygens (including phenoxy) is 2. The number of amides is 2. The zero-order chi connectivity index (χ0) is 24.8. The van der Waals surface area contributed by atoms with Gasteiger partial charge in [-0.05, 0) is 42.8 Å². The van der Waals surface area contributed by atoms with Crippen LogP contribution in [0.1, 0.15) is 55.8 Å². The number of unbranched alkanes of at least 4 members (excludes halogenated alkanes) is 2. The summed E-state index contributed by atoms with van der Waals surface area (Å²) in [6.45, 7) is 2.34. The fourth-order valence-corrected chi connectivity index (χ4v) is 3.16. The van der Waals surface area contributed by atoms with E-state index in [1.165, 1.54) is 4.90 Å². The average molecular weight is 469 g/mol. The number of benzene rings is 2. The number of Topliss-reactive ketones (excluding diaryl/α,β-unsaturated/α-hetero) is 1. The second-order valence-electron chi connectivity index (χ2n) is 7.76. The van der Waals surface area contributed by atoms with E-state index < -0.39 is 24.4 Å². The number of rotatable bonds is 15. The van der Waals surface area contributed by atoms with E-state index in [9.17, 15) is 19.2 Å². The second kappa shape index (κ2) is 14.5. The molecule has 34 heavy (non-hydrogen) atoms. The molecule has 0 aliphatic rings. The molecule has 2 rings (SSSR count). The van der Waals surface area contributed by atoms with Crippen LogP contribution < -0.4 is 15.4 Å². The molecule has 182 valence electrons. The highest BCUT2D eigenvalue weighted by Gasteiger charge is 2.19. The molecule has 0 fully saturated rings. The molecule has 0 unspecified atom stereocenters. The highest BCUT2D eigenvalue weighted by atomic mass is 16.5. The number of carbonyl (C=O) groups is 4. The highest BCUT2D eigenvalue weighted by molar-refractivity contribution is 5.98. The van der Waals surface area contributed by atoms with Crippen LogP contribution in [0.3, 0.4) is 0 Å². The fraction of sp³-hybridized carbons (Fsp3) is 0.385. The molecule has 2 aromatic carbocycles. The highest BCUT2D eigenvalue weighted by Crippen LogP contribution is 2.16. The lowest BCUT2D eigenvalue weighted by Crippen LogP contribution is -2.37. The van der Waals surface area contributed by atoms with E-state index >= 15 is 0 Å². The number of esters is 1. The van der Waals surface area contributed by atoms with Crippen LogP contribution >= 0.6 is 0 Å². The molecule has 8 heteroatoms. The third kappa shape index (κ3) is 9.44. The standard InChI is InChI=1S/C26H32N2O6/c1-2-3-7-18-33-22-12-10-20(11-13-22)23(29)14-15-26(32)34-19-25(31)28(17-16-24(27)30)21-8-5-4-6-9-21/h4-6,8-13H,2-3,7,14-19H2,1H3,(H2,27,30). The van der Waals surface area contributed by atoms with Gasteiger partial charge in [0.15, 0.2) is 12.4 Å². The summed E-state index contributed by atoms with van der Waals surface area (Å²) < 4.78 is 10.7. The first-order chi connectivity index (χ1) is 16.4. The van der Waals surface area contributed by atoms with E-state index in [-0.39, 0.29) is 31.6 Å². The van der Waals surface area contributed by atoms with Gasteiger partial charge >= 0.3 is 5.97 Å². The zero-order valence-electron chi connectivity index (χ0n) is 19.5. The summed E-state index contributed by atoms with van der Waals surface area (Å²) in [7, 11) is 0. The number of nitrogens with two attached hydrogens (primary N) is 1. The van der Waals surface area contributed by atoms with E-state index in [1.54, 1.807) is 54.6 Å². The van der Waals surface area contributed by atoms with Crippen molar-refractivity contribution < 1.29 is 28.7 Å². The quantitative estimate of drug-likeness (QED) is 0.242. The van der Waals surface area contributed by atoms with Crippen LogP contribution in [0.5, 0.6) is 5.75 Å². The number of anilines is 1. The minimum absolute atomic E-state index is 0.0222. The summed E-state index contributed by atoms with van der Waals surface area (Å²) in [5.74, 6) is -1.18. The molecule has 2 N–H and O–H groups in total. The van der Waals surface area contributed by atoms with Crippen LogP contribution in [0.25, 0.3) is 0 Å². The minimum atomic E-state index is -0.652. The molecule has 0 spiro atoms. The first kappa shape index (κ1) is 26.6. The molecule has 0 atom stereocenters. The molecule has 0 radical (unpaired) electrons. The first-order valence-electron chi connectivity index (χ1n) is 11.5. The van der Waals surface area contributed by atoms with Gasteiger partial charge < -0.3 is 20.1 Å². The third-order valence-electron chi connectivity index (χ3n) is 5.06. The number of primary amides is 1. The third-order valence-corrected chi connectivity index (χ3v) is 5.06. The van der Waals surface area contributed by atoms with Gasteiger partial charge in [0.2, 0.25) is 5.91 Å². The van der Waals surface area contributed by atoms with Crippen molar-refractivity contribution in [1.82, 2.24) is 0 Å². The van der Waals surface area contributed by atoms with Gasteiger partial charge in [0.25, 0.3) is 5.91 Å². The summed E-state index contributed by atoms with van der Waals surface area (Å²) in [4.78, 5) is 49.5. The molecule has 2 aromatic rings. The van der Waals surface area contributed by atoms with Crippen molar-refractivity contribution in [3.05, 3.63) is 60.2 Å². The van der Waals surface area contributed by atoms with E-state index in [0.717, 1.165) is 19.3 Å². The monoisotopic (exact) mass is 468 g/mol. The average Bonchev–Trinajstić information content (AvgIpc) is 2.85. The molecule has 0 saturated heterocycles. The van der Waals surface area contributed by atoms with E-state index in [0.29, 0.717) is 23.6 Å². The number of hydrogen-bond donors (Lipinski definition) is 1. The number of nitrogens with zero attached hydrogens (tertiary/aromatic N) is 1. The molecule has 0 aliphatic heterocycles. The molecule has 0 saturated carbocycles. The Labute approximate surface area is 200 Å². The van der Waals surface area contributed by atoms with E-state index in [2.05, 4.69) is 6.92 Å². The zero-order valence-corrected chi connectivity index (χ0v) is 19.5. The summed E-state index contributed by atoms with van der Waals surface area (Å²) in [5, 5.41) is 0. The lowest BCUT2D eigenvalue weighted by Gasteiger charge is -2.22. The van der Waals surface area contributed by atoms with Gasteiger partial charge in [0, 0.05) is 30.6 Å². The Balaban J connectivity index is 1.79. The number of ketones is 1. The summed E-state index contributed by atoms with van der Waals surface area (Å²) in [5.41, 5.74) is 6.24. The number of carbonyl (C=O) groups excluding carboxylic acids is 4. The lowest BCUT2D eigenvalue weighted by molar-refractivity contribution is -0.147. The lowest BCUT2D eigenvalue weighted by atomic mass is 10.1. The van der Waals surface area contributed by atoms with Crippen LogP contribution in [-0.4, -0.2) is 43.3 Å². The Morgan fingerprint density at radius 1 is 0.882 bits per heavy atom. The summed E-state index contributed by atoms with van der Waals surface area (Å²) in [6, 6.07) is 15.5.